The van der Waals surface area contributed by atoms with Gasteiger partial charge >= 0.3 is 0 Å². The van der Waals surface area contributed by atoms with Crippen molar-refractivity contribution in [2.45, 2.75) is 19.4 Å². The average molecular weight is 350 g/mol. The number of aromatic nitrogens is 2. The molecule has 9 heteroatoms. The quantitative estimate of drug-likeness (QED) is 0.863. The molecule has 3 rings (SSSR count). The Morgan fingerprint density at radius 1 is 1.36 bits per heavy atom. The van der Waals surface area contributed by atoms with Crippen molar-refractivity contribution in [3.05, 3.63) is 36.7 Å². The third-order valence-corrected chi connectivity index (χ3v) is 3.61. The topological polar surface area (TPSA) is 76.5 Å². The molecule has 0 saturated carbocycles. The number of rotatable bonds is 6. The highest BCUT2D eigenvalue weighted by Gasteiger charge is 2.25. The largest absolute Gasteiger partial charge is 0.482 e. The minimum atomic E-state index is -2.52. The molecule has 1 aliphatic rings. The number of benzene rings is 1. The van der Waals surface area contributed by atoms with Gasteiger partial charge in [0, 0.05) is 19.2 Å². The number of alkyl halides is 2. The lowest BCUT2D eigenvalue weighted by molar-refractivity contribution is -0.121. The molecule has 132 valence electrons. The van der Waals surface area contributed by atoms with Crippen molar-refractivity contribution in [3.8, 4) is 5.75 Å². The Morgan fingerprint density at radius 2 is 2.16 bits per heavy atom. The maximum atomic E-state index is 12.3. The molecule has 25 heavy (non-hydrogen) atoms. The zero-order chi connectivity index (χ0) is 17.8. The zero-order valence-corrected chi connectivity index (χ0v) is 13.2. The van der Waals surface area contributed by atoms with E-state index in [1.165, 1.54) is 17.3 Å². The summed E-state index contributed by atoms with van der Waals surface area (Å²) in [6.45, 7) is -0.413. The van der Waals surface area contributed by atoms with Gasteiger partial charge in [-0.15, -0.1) is 0 Å². The van der Waals surface area contributed by atoms with Crippen LogP contribution >= 0.6 is 0 Å². The summed E-state index contributed by atoms with van der Waals surface area (Å²) >= 11 is 0. The summed E-state index contributed by atoms with van der Waals surface area (Å²) in [5, 5.41) is 6.32. The molecular formula is C16H16F2N4O3. The molecule has 2 heterocycles. The number of fused-ring (bicyclic) bond motifs is 1. The molecule has 0 saturated heterocycles. The molecule has 2 aromatic rings. The zero-order valence-electron chi connectivity index (χ0n) is 13.2. The fourth-order valence-electron chi connectivity index (χ4n) is 2.51. The molecule has 0 aliphatic carbocycles. The predicted octanol–water partition coefficient (Wildman–Crippen LogP) is 1.90. The number of nitrogens with one attached hydrogen (secondary N) is 1. The Bertz CT molecular complexity index is 778. The van der Waals surface area contributed by atoms with Crippen molar-refractivity contribution in [2.75, 3.05) is 23.4 Å². The number of amides is 2. The van der Waals surface area contributed by atoms with E-state index >= 15 is 0 Å². The van der Waals surface area contributed by atoms with Crippen LogP contribution in [0.2, 0.25) is 0 Å². The fourth-order valence-corrected chi connectivity index (χ4v) is 2.51. The van der Waals surface area contributed by atoms with Crippen molar-refractivity contribution >= 4 is 23.2 Å². The molecule has 0 atom stereocenters. The van der Waals surface area contributed by atoms with Gasteiger partial charge in [-0.1, -0.05) is 12.1 Å². The first-order valence-electron chi connectivity index (χ1n) is 7.65. The van der Waals surface area contributed by atoms with Crippen molar-refractivity contribution in [1.82, 2.24) is 9.78 Å². The Hall–Kier alpha value is -2.97. The van der Waals surface area contributed by atoms with Gasteiger partial charge in [0.25, 0.3) is 12.3 Å². The Kier molecular flexibility index (Phi) is 4.92. The summed E-state index contributed by atoms with van der Waals surface area (Å²) in [6.07, 6.45) is 0.172. The summed E-state index contributed by atoms with van der Waals surface area (Å²) in [4.78, 5) is 25.6. The lowest BCUT2D eigenvalue weighted by Crippen LogP contribution is -2.40. The fraction of sp³-hybridized carbons (Fsp3) is 0.312. The number of hydrogen-bond acceptors (Lipinski definition) is 4. The summed E-state index contributed by atoms with van der Waals surface area (Å²) in [6, 6.07) is 7.09. The summed E-state index contributed by atoms with van der Waals surface area (Å²) in [5.41, 5.74) is 0.954. The smallest absolute Gasteiger partial charge is 0.265 e. The second kappa shape index (κ2) is 7.29. The predicted molar refractivity (Wildman–Crippen MR) is 85.8 cm³/mol. The van der Waals surface area contributed by atoms with Crippen LogP contribution in [0, 0.1) is 0 Å². The molecule has 0 radical (unpaired) electrons. The van der Waals surface area contributed by atoms with E-state index in [-0.39, 0.29) is 31.4 Å². The minimum Gasteiger partial charge on any atom is -0.482 e. The van der Waals surface area contributed by atoms with Crippen molar-refractivity contribution in [3.63, 3.8) is 0 Å². The van der Waals surface area contributed by atoms with Gasteiger partial charge in [-0.25, -0.2) is 8.78 Å². The minimum absolute atomic E-state index is 0.0557. The van der Waals surface area contributed by atoms with Crippen molar-refractivity contribution in [2.24, 2.45) is 0 Å². The first-order valence-corrected chi connectivity index (χ1v) is 7.65. The van der Waals surface area contributed by atoms with Crippen LogP contribution < -0.4 is 15.0 Å². The third-order valence-electron chi connectivity index (χ3n) is 3.61. The highest BCUT2D eigenvalue weighted by molar-refractivity contribution is 5.99. The second-order valence-corrected chi connectivity index (χ2v) is 5.44. The van der Waals surface area contributed by atoms with Gasteiger partial charge in [0.15, 0.2) is 6.61 Å². The molecule has 1 aromatic carbocycles. The Morgan fingerprint density at radius 3 is 2.96 bits per heavy atom. The van der Waals surface area contributed by atoms with E-state index in [1.54, 1.807) is 24.3 Å². The lowest BCUT2D eigenvalue weighted by Gasteiger charge is -2.29. The van der Waals surface area contributed by atoms with Gasteiger partial charge < -0.3 is 15.0 Å². The van der Waals surface area contributed by atoms with Crippen LogP contribution in [0.4, 0.5) is 20.2 Å². The van der Waals surface area contributed by atoms with E-state index in [4.69, 9.17) is 4.74 Å². The van der Waals surface area contributed by atoms with Gasteiger partial charge in [0.05, 0.1) is 17.6 Å². The van der Waals surface area contributed by atoms with Crippen LogP contribution in [0.25, 0.3) is 0 Å². The molecule has 0 fully saturated rings. The Labute approximate surface area is 142 Å². The summed E-state index contributed by atoms with van der Waals surface area (Å²) < 4.78 is 31.0. The molecule has 0 unspecified atom stereocenters. The third kappa shape index (κ3) is 4.11. The van der Waals surface area contributed by atoms with Gasteiger partial charge in [-0.2, -0.15) is 5.10 Å². The van der Waals surface area contributed by atoms with Gasteiger partial charge in [-0.3, -0.25) is 14.3 Å². The standard InChI is InChI=1S/C16H16F2N4O3/c17-14(18)9-21-8-11(7-19-21)20-15(23)5-6-22-12-3-1-2-4-13(12)25-10-16(22)24/h1-4,7-8,14H,5-6,9-10H2,(H,20,23). The number of carbonyl (C=O) groups is 2. The summed E-state index contributed by atoms with van der Waals surface area (Å²) in [5.74, 6) is 0.0282. The molecule has 1 aliphatic heterocycles. The highest BCUT2D eigenvalue weighted by atomic mass is 19.3. The van der Waals surface area contributed by atoms with E-state index in [0.717, 1.165) is 4.68 Å². The number of nitrogens with zero attached hydrogens (tertiary/aromatic N) is 3. The SMILES string of the molecule is O=C(CCN1C(=O)COc2ccccc21)Nc1cnn(CC(F)F)c1. The van der Waals surface area contributed by atoms with Crippen LogP contribution in [0.5, 0.6) is 5.75 Å². The molecule has 1 N–H and O–H groups in total. The van der Waals surface area contributed by atoms with E-state index in [2.05, 4.69) is 10.4 Å². The number of anilines is 2. The number of hydrogen-bond donors (Lipinski definition) is 1. The first kappa shape index (κ1) is 16.9. The van der Waals surface area contributed by atoms with Crippen LogP contribution in [0.1, 0.15) is 6.42 Å². The molecule has 2 amide bonds. The highest BCUT2D eigenvalue weighted by Crippen LogP contribution is 2.31. The number of carbonyl (C=O) groups excluding carboxylic acids is 2. The first-order chi connectivity index (χ1) is 12.0. The van der Waals surface area contributed by atoms with Gasteiger partial charge in [0.2, 0.25) is 5.91 Å². The van der Waals surface area contributed by atoms with Crippen molar-refractivity contribution < 1.29 is 23.1 Å². The normalized spacial score (nSPS) is 13.6. The van der Waals surface area contributed by atoms with Gasteiger partial charge in [0.1, 0.15) is 12.3 Å². The second-order valence-electron chi connectivity index (χ2n) is 5.44. The molecule has 0 spiro atoms. The lowest BCUT2D eigenvalue weighted by atomic mass is 10.2. The Balaban J connectivity index is 1.57. The average Bonchev–Trinajstić information content (AvgIpc) is 3.00. The van der Waals surface area contributed by atoms with Crippen LogP contribution in [0.15, 0.2) is 36.7 Å². The number of halogens is 2. The van der Waals surface area contributed by atoms with Gasteiger partial charge in [-0.05, 0) is 12.1 Å². The number of para-hydroxylation sites is 2. The molecule has 7 nitrogen and oxygen atoms in total. The van der Waals surface area contributed by atoms with E-state index in [0.29, 0.717) is 17.1 Å². The van der Waals surface area contributed by atoms with E-state index < -0.39 is 13.0 Å². The molecule has 1 aromatic heterocycles. The van der Waals surface area contributed by atoms with Crippen LogP contribution in [-0.4, -0.2) is 41.2 Å². The maximum absolute atomic E-state index is 12.3. The van der Waals surface area contributed by atoms with E-state index in [1.807, 2.05) is 0 Å². The monoisotopic (exact) mass is 350 g/mol. The van der Waals surface area contributed by atoms with Crippen molar-refractivity contribution in [1.29, 1.82) is 0 Å². The van der Waals surface area contributed by atoms with E-state index in [9.17, 15) is 18.4 Å². The maximum Gasteiger partial charge on any atom is 0.265 e. The van der Waals surface area contributed by atoms with Crippen LogP contribution in [-0.2, 0) is 16.1 Å². The van der Waals surface area contributed by atoms with Crippen LogP contribution in [0.3, 0.4) is 0 Å². The molecular weight excluding hydrogens is 334 g/mol. The summed E-state index contributed by atoms with van der Waals surface area (Å²) in [7, 11) is 0. The molecule has 0 bridgehead atoms. The number of ether oxygens (including phenoxy) is 1.